The van der Waals surface area contributed by atoms with Gasteiger partial charge in [0.1, 0.15) is 5.82 Å². The van der Waals surface area contributed by atoms with E-state index in [1.807, 2.05) is 0 Å². The lowest BCUT2D eigenvalue weighted by molar-refractivity contribution is -0.383. The number of fused-ring (bicyclic) bond motifs is 3. The fraction of sp³-hybridized carbons (Fsp3) is 0.167. The third-order valence-electron chi connectivity index (χ3n) is 3.17. The van der Waals surface area contributed by atoms with Crippen LogP contribution in [0.3, 0.4) is 0 Å². The molecule has 1 aromatic heterocycles. The molecule has 2 aromatic rings. The van der Waals surface area contributed by atoms with Gasteiger partial charge in [-0.3, -0.25) is 19.5 Å². The van der Waals surface area contributed by atoms with Gasteiger partial charge in [0.2, 0.25) is 0 Å². The summed E-state index contributed by atoms with van der Waals surface area (Å²) in [6.45, 7) is 1.50. The Hall–Kier alpha value is -2.71. The standard InChI is InChI=1S/C12H6F3N3O3/c1-5-2-9-16-7-3-6(12(13,14)15)4-8(18(20)21)10(7)17(9)11(5)19/h2-4H,1H3. The molecule has 1 aliphatic heterocycles. The second-order valence-electron chi connectivity index (χ2n) is 4.56. The molecule has 0 atom stereocenters. The van der Waals surface area contributed by atoms with E-state index < -0.39 is 28.3 Å². The molecule has 0 radical (unpaired) electrons. The monoisotopic (exact) mass is 297 g/mol. The number of halogens is 3. The molecule has 108 valence electrons. The van der Waals surface area contributed by atoms with E-state index in [4.69, 9.17) is 0 Å². The first-order chi connectivity index (χ1) is 9.70. The van der Waals surface area contributed by atoms with Gasteiger partial charge in [0, 0.05) is 11.6 Å². The first-order valence-corrected chi connectivity index (χ1v) is 5.71. The quantitative estimate of drug-likeness (QED) is 0.598. The number of allylic oxidation sites excluding steroid dienone is 1. The Balaban J connectivity index is 2.41. The lowest BCUT2D eigenvalue weighted by Crippen LogP contribution is -2.10. The molecule has 0 N–H and O–H groups in total. The Morgan fingerprint density at radius 1 is 1.33 bits per heavy atom. The molecule has 3 rings (SSSR count). The predicted octanol–water partition coefficient (Wildman–Crippen LogP) is 3.02. The Labute approximate surface area is 114 Å². The molecule has 0 amide bonds. The van der Waals surface area contributed by atoms with Gasteiger partial charge in [-0.2, -0.15) is 13.2 Å². The number of rotatable bonds is 1. The van der Waals surface area contributed by atoms with E-state index in [0.717, 1.165) is 4.57 Å². The van der Waals surface area contributed by atoms with Crippen LogP contribution in [-0.2, 0) is 6.18 Å². The number of carbonyl (C=O) groups is 1. The van der Waals surface area contributed by atoms with Crippen molar-refractivity contribution in [3.05, 3.63) is 39.2 Å². The van der Waals surface area contributed by atoms with Crippen LogP contribution < -0.4 is 0 Å². The van der Waals surface area contributed by atoms with Gasteiger partial charge in [0.05, 0.1) is 16.0 Å². The van der Waals surface area contributed by atoms with Crippen molar-refractivity contribution in [2.75, 3.05) is 0 Å². The Bertz CT molecular complexity index is 849. The third kappa shape index (κ3) is 1.81. The summed E-state index contributed by atoms with van der Waals surface area (Å²) in [7, 11) is 0. The predicted molar refractivity (Wildman–Crippen MR) is 65.7 cm³/mol. The van der Waals surface area contributed by atoms with E-state index in [1.54, 1.807) is 0 Å². The van der Waals surface area contributed by atoms with Crippen molar-refractivity contribution < 1.29 is 22.9 Å². The van der Waals surface area contributed by atoms with Gasteiger partial charge >= 0.3 is 6.18 Å². The lowest BCUT2D eigenvalue weighted by Gasteiger charge is -2.07. The van der Waals surface area contributed by atoms with Crippen molar-refractivity contribution >= 4 is 28.7 Å². The summed E-state index contributed by atoms with van der Waals surface area (Å²) in [5.41, 5.74) is -2.11. The maximum Gasteiger partial charge on any atom is 0.416 e. The molecule has 0 aliphatic carbocycles. The molecule has 0 spiro atoms. The molecule has 9 heteroatoms. The maximum atomic E-state index is 12.8. The number of alkyl halides is 3. The molecule has 0 saturated heterocycles. The first kappa shape index (κ1) is 13.3. The molecule has 0 unspecified atom stereocenters. The summed E-state index contributed by atoms with van der Waals surface area (Å²) >= 11 is 0. The number of hydrogen-bond donors (Lipinski definition) is 0. The highest BCUT2D eigenvalue weighted by molar-refractivity contribution is 6.10. The molecule has 1 aliphatic rings. The van der Waals surface area contributed by atoms with Crippen molar-refractivity contribution in [3.63, 3.8) is 0 Å². The van der Waals surface area contributed by atoms with Crippen molar-refractivity contribution in [2.24, 2.45) is 0 Å². The zero-order valence-electron chi connectivity index (χ0n) is 10.4. The number of non-ortho nitro benzene ring substituents is 1. The van der Waals surface area contributed by atoms with Crippen LogP contribution in [0, 0.1) is 10.1 Å². The van der Waals surface area contributed by atoms with Crippen molar-refractivity contribution in [1.82, 2.24) is 9.55 Å². The summed E-state index contributed by atoms with van der Waals surface area (Å²) in [4.78, 5) is 25.9. The van der Waals surface area contributed by atoms with Crippen LogP contribution in [0.25, 0.3) is 17.1 Å². The van der Waals surface area contributed by atoms with Crippen molar-refractivity contribution in [2.45, 2.75) is 13.1 Å². The first-order valence-electron chi connectivity index (χ1n) is 5.71. The average Bonchev–Trinajstić information content (AvgIpc) is 2.84. The van der Waals surface area contributed by atoms with Crippen molar-refractivity contribution in [3.8, 4) is 0 Å². The number of nitro groups is 1. The van der Waals surface area contributed by atoms with Gasteiger partial charge in [-0.25, -0.2) is 4.98 Å². The molecule has 0 saturated carbocycles. The van der Waals surface area contributed by atoms with Crippen LogP contribution in [0.4, 0.5) is 18.9 Å². The van der Waals surface area contributed by atoms with Gasteiger partial charge < -0.3 is 0 Å². The number of hydrogen-bond acceptors (Lipinski definition) is 4. The van der Waals surface area contributed by atoms with Gasteiger partial charge in [0.15, 0.2) is 5.52 Å². The smallest absolute Gasteiger partial charge is 0.269 e. The van der Waals surface area contributed by atoms with Crippen molar-refractivity contribution in [1.29, 1.82) is 0 Å². The lowest BCUT2D eigenvalue weighted by atomic mass is 10.1. The maximum absolute atomic E-state index is 12.8. The number of carbonyl (C=O) groups excluding carboxylic acids is 1. The molecule has 2 heterocycles. The largest absolute Gasteiger partial charge is 0.416 e. The SMILES string of the molecule is CC1=Cc2nc3cc(C(F)(F)F)cc([N+](=O)[O-])c3n2C1=O. The summed E-state index contributed by atoms with van der Waals surface area (Å²) in [5, 5.41) is 11.0. The van der Waals surface area contributed by atoms with Crippen LogP contribution in [0.1, 0.15) is 23.1 Å². The summed E-state index contributed by atoms with van der Waals surface area (Å²) < 4.78 is 39.3. The van der Waals surface area contributed by atoms with Gasteiger partial charge in [0.25, 0.3) is 11.6 Å². The fourth-order valence-corrected chi connectivity index (χ4v) is 2.24. The van der Waals surface area contributed by atoms with Crippen LogP contribution in [0.5, 0.6) is 0 Å². The average molecular weight is 297 g/mol. The molecule has 0 bridgehead atoms. The second kappa shape index (κ2) is 3.90. The van der Waals surface area contributed by atoms with E-state index in [0.29, 0.717) is 17.7 Å². The molecular formula is C12H6F3N3O3. The van der Waals surface area contributed by atoms with Crippen LogP contribution in [0.2, 0.25) is 0 Å². The highest BCUT2D eigenvalue weighted by Gasteiger charge is 2.36. The number of aromatic nitrogens is 2. The van der Waals surface area contributed by atoms with Crippen LogP contribution in [-0.4, -0.2) is 20.4 Å². The Kier molecular flexibility index (Phi) is 2.47. The van der Waals surface area contributed by atoms with Crippen LogP contribution in [0.15, 0.2) is 17.7 Å². The Morgan fingerprint density at radius 3 is 2.57 bits per heavy atom. The number of imidazole rings is 1. The molecular weight excluding hydrogens is 291 g/mol. The molecule has 1 aromatic carbocycles. The zero-order chi connectivity index (χ0) is 15.5. The third-order valence-corrected chi connectivity index (χ3v) is 3.17. The molecule has 6 nitrogen and oxygen atoms in total. The summed E-state index contributed by atoms with van der Waals surface area (Å²) in [6, 6.07) is 1.11. The van der Waals surface area contributed by atoms with E-state index in [9.17, 15) is 28.1 Å². The summed E-state index contributed by atoms with van der Waals surface area (Å²) in [5.74, 6) is -0.440. The zero-order valence-corrected chi connectivity index (χ0v) is 10.4. The highest BCUT2D eigenvalue weighted by Crippen LogP contribution is 2.37. The topological polar surface area (TPSA) is 78.0 Å². The van der Waals surface area contributed by atoms with Gasteiger partial charge in [-0.05, 0) is 19.1 Å². The number of nitro benzene ring substituents is 1. The van der Waals surface area contributed by atoms with E-state index in [-0.39, 0.29) is 16.9 Å². The fourth-order valence-electron chi connectivity index (χ4n) is 2.24. The summed E-state index contributed by atoms with van der Waals surface area (Å²) in [6.07, 6.45) is -3.36. The number of nitrogens with zero attached hydrogens (tertiary/aromatic N) is 3. The van der Waals surface area contributed by atoms with Gasteiger partial charge in [-0.15, -0.1) is 0 Å². The second-order valence-corrected chi connectivity index (χ2v) is 4.56. The van der Waals surface area contributed by atoms with E-state index in [2.05, 4.69) is 4.98 Å². The highest BCUT2D eigenvalue weighted by atomic mass is 19.4. The normalized spacial score (nSPS) is 14.5. The van der Waals surface area contributed by atoms with E-state index >= 15 is 0 Å². The molecule has 0 fully saturated rings. The molecule has 21 heavy (non-hydrogen) atoms. The minimum absolute atomic E-state index is 0.0925. The van der Waals surface area contributed by atoms with Gasteiger partial charge in [-0.1, -0.05) is 0 Å². The van der Waals surface area contributed by atoms with E-state index in [1.165, 1.54) is 13.0 Å². The van der Waals surface area contributed by atoms with Crippen LogP contribution >= 0.6 is 0 Å². The number of benzene rings is 1. The minimum atomic E-state index is -4.73. The minimum Gasteiger partial charge on any atom is -0.269 e. The Morgan fingerprint density at radius 2 is 2.00 bits per heavy atom.